The van der Waals surface area contributed by atoms with Crippen molar-refractivity contribution in [3.05, 3.63) is 29.8 Å². The summed E-state index contributed by atoms with van der Waals surface area (Å²) in [6.07, 6.45) is 0. The summed E-state index contributed by atoms with van der Waals surface area (Å²) >= 11 is 0. The first-order valence-corrected chi connectivity index (χ1v) is 5.16. The molecule has 5 nitrogen and oxygen atoms in total. The van der Waals surface area contributed by atoms with E-state index in [-0.39, 0.29) is 18.1 Å². The molecule has 1 aromatic heterocycles. The molecule has 2 aromatic rings. The van der Waals surface area contributed by atoms with Crippen molar-refractivity contribution < 1.29 is 13.7 Å². The van der Waals surface area contributed by atoms with Gasteiger partial charge in [0, 0.05) is 12.3 Å². The van der Waals surface area contributed by atoms with Gasteiger partial charge in [-0.15, -0.1) is 0 Å². The van der Waals surface area contributed by atoms with Crippen LogP contribution in [0, 0.1) is 5.82 Å². The van der Waals surface area contributed by atoms with E-state index in [0.717, 1.165) is 0 Å². The van der Waals surface area contributed by atoms with Gasteiger partial charge in [0.1, 0.15) is 12.4 Å². The van der Waals surface area contributed by atoms with Crippen LogP contribution in [-0.4, -0.2) is 16.7 Å². The molecule has 0 radical (unpaired) electrons. The second-order valence-electron chi connectivity index (χ2n) is 3.39. The van der Waals surface area contributed by atoms with E-state index >= 15 is 0 Å². The van der Waals surface area contributed by atoms with Gasteiger partial charge in [-0.2, -0.15) is 4.98 Å². The topological polar surface area (TPSA) is 74.2 Å². The molecule has 0 aliphatic rings. The standard InChI is InChI=1S/C11H12FN3O2/c1-2-16-6-10-14-11(17-15-10)8-4-3-7(13)5-9(8)12/h3-5H,2,6,13H2,1H3. The molecule has 0 amide bonds. The highest BCUT2D eigenvalue weighted by molar-refractivity contribution is 5.58. The largest absolute Gasteiger partial charge is 0.399 e. The zero-order valence-corrected chi connectivity index (χ0v) is 9.31. The lowest BCUT2D eigenvalue weighted by atomic mass is 10.2. The Kier molecular flexibility index (Phi) is 3.34. The molecule has 0 atom stereocenters. The van der Waals surface area contributed by atoms with E-state index in [2.05, 4.69) is 10.1 Å². The van der Waals surface area contributed by atoms with Gasteiger partial charge < -0.3 is 15.0 Å². The molecule has 90 valence electrons. The molecule has 6 heteroatoms. The summed E-state index contributed by atoms with van der Waals surface area (Å²) in [6, 6.07) is 4.29. The zero-order valence-electron chi connectivity index (χ0n) is 9.31. The van der Waals surface area contributed by atoms with E-state index in [9.17, 15) is 4.39 Å². The maximum Gasteiger partial charge on any atom is 0.260 e. The number of halogens is 1. The van der Waals surface area contributed by atoms with Gasteiger partial charge in [-0.05, 0) is 25.1 Å². The average molecular weight is 237 g/mol. The van der Waals surface area contributed by atoms with Gasteiger partial charge in [0.25, 0.3) is 5.89 Å². The van der Waals surface area contributed by atoms with Crippen molar-refractivity contribution in [3.63, 3.8) is 0 Å². The van der Waals surface area contributed by atoms with Crippen molar-refractivity contribution in [2.45, 2.75) is 13.5 Å². The highest BCUT2D eigenvalue weighted by atomic mass is 19.1. The Morgan fingerprint density at radius 2 is 2.29 bits per heavy atom. The monoisotopic (exact) mass is 237 g/mol. The number of ether oxygens (including phenoxy) is 1. The average Bonchev–Trinajstić information content (AvgIpc) is 2.75. The minimum absolute atomic E-state index is 0.122. The molecule has 0 unspecified atom stereocenters. The fourth-order valence-corrected chi connectivity index (χ4v) is 1.32. The highest BCUT2D eigenvalue weighted by Crippen LogP contribution is 2.22. The third-order valence-electron chi connectivity index (χ3n) is 2.13. The van der Waals surface area contributed by atoms with Gasteiger partial charge in [0.05, 0.1) is 5.56 Å². The maximum absolute atomic E-state index is 13.6. The summed E-state index contributed by atoms with van der Waals surface area (Å²) in [7, 11) is 0. The lowest BCUT2D eigenvalue weighted by molar-refractivity contribution is 0.126. The van der Waals surface area contributed by atoms with Crippen molar-refractivity contribution >= 4 is 5.69 Å². The molecule has 2 N–H and O–H groups in total. The Balaban J connectivity index is 2.24. The summed E-state index contributed by atoms with van der Waals surface area (Å²) in [6.45, 7) is 2.66. The van der Waals surface area contributed by atoms with E-state index in [0.29, 0.717) is 18.1 Å². The summed E-state index contributed by atoms with van der Waals surface area (Å²) in [5.41, 5.74) is 6.03. The Labute approximate surface area is 97.4 Å². The molecule has 0 saturated heterocycles. The molecule has 1 aromatic carbocycles. The van der Waals surface area contributed by atoms with Crippen LogP contribution in [0.1, 0.15) is 12.7 Å². The predicted octanol–water partition coefficient (Wildman–Crippen LogP) is 1.99. The van der Waals surface area contributed by atoms with Crippen LogP contribution in [0.3, 0.4) is 0 Å². The molecule has 0 aliphatic heterocycles. The Bertz CT molecular complexity index is 513. The third-order valence-corrected chi connectivity index (χ3v) is 2.13. The van der Waals surface area contributed by atoms with Crippen molar-refractivity contribution in [2.24, 2.45) is 0 Å². The quantitative estimate of drug-likeness (QED) is 0.823. The summed E-state index contributed by atoms with van der Waals surface area (Å²) in [5, 5.41) is 3.68. The summed E-state index contributed by atoms with van der Waals surface area (Å²) < 4.78 is 23.6. The molecule has 2 rings (SSSR count). The molecular weight excluding hydrogens is 225 g/mol. The van der Waals surface area contributed by atoms with Gasteiger partial charge in [0.2, 0.25) is 0 Å². The maximum atomic E-state index is 13.6. The van der Waals surface area contributed by atoms with E-state index in [1.807, 2.05) is 6.92 Å². The lowest BCUT2D eigenvalue weighted by Gasteiger charge is -1.98. The zero-order chi connectivity index (χ0) is 12.3. The minimum atomic E-state index is -0.489. The smallest absolute Gasteiger partial charge is 0.260 e. The van der Waals surface area contributed by atoms with Crippen LogP contribution in [0.2, 0.25) is 0 Å². The normalized spacial score (nSPS) is 10.7. The number of aromatic nitrogens is 2. The number of nitrogens with two attached hydrogens (primary N) is 1. The van der Waals surface area contributed by atoms with Crippen molar-refractivity contribution in [1.82, 2.24) is 10.1 Å². The summed E-state index contributed by atoms with van der Waals surface area (Å²) in [4.78, 5) is 4.02. The predicted molar refractivity (Wildman–Crippen MR) is 59.4 cm³/mol. The number of benzene rings is 1. The lowest BCUT2D eigenvalue weighted by Crippen LogP contribution is -1.94. The number of nitrogen functional groups attached to an aromatic ring is 1. The third kappa shape index (κ3) is 2.59. The molecular formula is C11H12FN3O2. The number of hydrogen-bond acceptors (Lipinski definition) is 5. The number of nitrogens with zero attached hydrogens (tertiary/aromatic N) is 2. The molecule has 0 saturated carbocycles. The van der Waals surface area contributed by atoms with Crippen LogP contribution >= 0.6 is 0 Å². The molecule has 0 bridgehead atoms. The second-order valence-corrected chi connectivity index (χ2v) is 3.39. The molecule has 0 spiro atoms. The van der Waals surface area contributed by atoms with Crippen LogP contribution in [0.4, 0.5) is 10.1 Å². The summed E-state index contributed by atoms with van der Waals surface area (Å²) in [5.74, 6) is 0.0203. The Morgan fingerprint density at radius 1 is 1.47 bits per heavy atom. The Hall–Kier alpha value is -1.95. The highest BCUT2D eigenvalue weighted by Gasteiger charge is 2.13. The van der Waals surface area contributed by atoms with Gasteiger partial charge in [0.15, 0.2) is 5.82 Å². The van der Waals surface area contributed by atoms with Crippen LogP contribution in [0.5, 0.6) is 0 Å². The molecule has 0 aliphatic carbocycles. The van der Waals surface area contributed by atoms with E-state index < -0.39 is 5.82 Å². The SMILES string of the molecule is CCOCc1noc(-c2ccc(N)cc2F)n1. The van der Waals surface area contributed by atoms with Crippen molar-refractivity contribution in [1.29, 1.82) is 0 Å². The minimum Gasteiger partial charge on any atom is -0.399 e. The number of anilines is 1. The van der Waals surface area contributed by atoms with Gasteiger partial charge in [-0.3, -0.25) is 0 Å². The van der Waals surface area contributed by atoms with Crippen molar-refractivity contribution in [2.75, 3.05) is 12.3 Å². The molecule has 17 heavy (non-hydrogen) atoms. The van der Waals surface area contributed by atoms with Gasteiger partial charge >= 0.3 is 0 Å². The first-order valence-electron chi connectivity index (χ1n) is 5.16. The van der Waals surface area contributed by atoms with E-state index in [1.54, 1.807) is 6.07 Å². The van der Waals surface area contributed by atoms with Gasteiger partial charge in [-0.1, -0.05) is 5.16 Å². The second kappa shape index (κ2) is 4.92. The molecule has 1 heterocycles. The van der Waals surface area contributed by atoms with Crippen LogP contribution in [0.15, 0.2) is 22.7 Å². The first kappa shape index (κ1) is 11.5. The van der Waals surface area contributed by atoms with Crippen LogP contribution in [-0.2, 0) is 11.3 Å². The fourth-order valence-electron chi connectivity index (χ4n) is 1.32. The number of rotatable bonds is 4. The Morgan fingerprint density at radius 3 is 3.00 bits per heavy atom. The number of hydrogen-bond donors (Lipinski definition) is 1. The van der Waals surface area contributed by atoms with Gasteiger partial charge in [-0.25, -0.2) is 4.39 Å². The first-order chi connectivity index (χ1) is 8.20. The van der Waals surface area contributed by atoms with Crippen LogP contribution < -0.4 is 5.73 Å². The van der Waals surface area contributed by atoms with Crippen LogP contribution in [0.25, 0.3) is 11.5 Å². The fraction of sp³-hybridized carbons (Fsp3) is 0.273. The van der Waals surface area contributed by atoms with E-state index in [1.165, 1.54) is 12.1 Å². The molecule has 0 fully saturated rings. The van der Waals surface area contributed by atoms with Crippen molar-refractivity contribution in [3.8, 4) is 11.5 Å². The van der Waals surface area contributed by atoms with E-state index in [4.69, 9.17) is 15.0 Å².